The van der Waals surface area contributed by atoms with Gasteiger partial charge in [0.05, 0.1) is 10.8 Å². The van der Waals surface area contributed by atoms with Gasteiger partial charge in [0.15, 0.2) is 0 Å². The van der Waals surface area contributed by atoms with Crippen LogP contribution in [-0.4, -0.2) is 22.5 Å². The number of carbonyl (C=O) groups is 1. The number of anilines is 1. The third-order valence-electron chi connectivity index (χ3n) is 3.94. The third kappa shape index (κ3) is 4.05. The maximum atomic E-state index is 11.3. The van der Waals surface area contributed by atoms with Crippen molar-refractivity contribution in [1.82, 2.24) is 0 Å². The van der Waals surface area contributed by atoms with Gasteiger partial charge >= 0.3 is 5.97 Å². The van der Waals surface area contributed by atoms with Crippen molar-refractivity contribution in [2.45, 2.75) is 25.7 Å². The highest BCUT2D eigenvalue weighted by atomic mass is 127. The Hall–Kier alpha value is -1.38. The fourth-order valence-electron chi connectivity index (χ4n) is 2.78. The van der Waals surface area contributed by atoms with E-state index in [1.165, 1.54) is 12.1 Å². The molecule has 2 unspecified atom stereocenters. The maximum absolute atomic E-state index is 11.3. The van der Waals surface area contributed by atoms with E-state index in [0.717, 1.165) is 34.9 Å². The van der Waals surface area contributed by atoms with E-state index >= 15 is 0 Å². The Kier molecular flexibility index (Phi) is 5.38. The first-order chi connectivity index (χ1) is 9.99. The first-order valence-corrected chi connectivity index (χ1v) is 7.97. The molecule has 2 N–H and O–H groups in total. The maximum Gasteiger partial charge on any atom is 0.306 e. The topological polar surface area (TPSA) is 92.5 Å². The van der Waals surface area contributed by atoms with Crippen molar-refractivity contribution >= 4 is 39.9 Å². The van der Waals surface area contributed by atoms with Crippen LogP contribution in [0.2, 0.25) is 0 Å². The van der Waals surface area contributed by atoms with Gasteiger partial charge in [0.1, 0.15) is 0 Å². The molecule has 1 aliphatic carbocycles. The number of nitrogens with one attached hydrogen (secondary N) is 1. The van der Waals surface area contributed by atoms with Crippen molar-refractivity contribution in [3.05, 3.63) is 31.9 Å². The first kappa shape index (κ1) is 16.0. The molecule has 1 aromatic rings. The van der Waals surface area contributed by atoms with E-state index in [0.29, 0.717) is 6.54 Å². The summed E-state index contributed by atoms with van der Waals surface area (Å²) >= 11 is 2.05. The lowest BCUT2D eigenvalue weighted by atomic mass is 9.79. The van der Waals surface area contributed by atoms with Crippen molar-refractivity contribution in [2.75, 3.05) is 11.9 Å². The Labute approximate surface area is 136 Å². The zero-order valence-corrected chi connectivity index (χ0v) is 13.6. The molecule has 0 aliphatic heterocycles. The van der Waals surface area contributed by atoms with Crippen LogP contribution in [-0.2, 0) is 4.79 Å². The molecule has 1 saturated carbocycles. The molecule has 0 aromatic heterocycles. The summed E-state index contributed by atoms with van der Waals surface area (Å²) in [6.45, 7) is 0.588. The summed E-state index contributed by atoms with van der Waals surface area (Å²) in [6, 6.07) is 4.65. The van der Waals surface area contributed by atoms with Crippen molar-refractivity contribution in [1.29, 1.82) is 0 Å². The van der Waals surface area contributed by atoms with Crippen molar-refractivity contribution in [3.8, 4) is 0 Å². The van der Waals surface area contributed by atoms with Gasteiger partial charge in [0.2, 0.25) is 0 Å². The standard InChI is InChI=1S/C14H17IN2O4/c15-12-7-10(17(20)21)5-6-13(12)16-8-9-3-1-2-4-11(9)14(18)19/h5-7,9,11,16H,1-4,8H2,(H,18,19). The van der Waals surface area contributed by atoms with Gasteiger partial charge in [-0.25, -0.2) is 0 Å². The van der Waals surface area contributed by atoms with Gasteiger partial charge in [-0.2, -0.15) is 0 Å². The Balaban J connectivity index is 2.02. The quantitative estimate of drug-likeness (QED) is 0.445. The minimum atomic E-state index is -0.722. The van der Waals surface area contributed by atoms with Crippen LogP contribution in [0.15, 0.2) is 18.2 Å². The molecule has 1 fully saturated rings. The summed E-state index contributed by atoms with van der Waals surface area (Å²) in [5, 5.41) is 23.2. The highest BCUT2D eigenvalue weighted by Crippen LogP contribution is 2.31. The molecular formula is C14H17IN2O4. The number of carboxylic acids is 1. The highest BCUT2D eigenvalue weighted by Gasteiger charge is 2.30. The second-order valence-corrected chi connectivity index (χ2v) is 6.45. The largest absolute Gasteiger partial charge is 0.481 e. The van der Waals surface area contributed by atoms with E-state index in [-0.39, 0.29) is 17.5 Å². The lowest BCUT2D eigenvalue weighted by Crippen LogP contribution is -2.31. The molecule has 0 amide bonds. The molecular weight excluding hydrogens is 387 g/mol. The van der Waals surface area contributed by atoms with E-state index < -0.39 is 10.9 Å². The summed E-state index contributed by atoms with van der Waals surface area (Å²) in [7, 11) is 0. The Morgan fingerprint density at radius 1 is 1.43 bits per heavy atom. The molecule has 114 valence electrons. The number of aliphatic carboxylic acids is 1. The average Bonchev–Trinajstić information content (AvgIpc) is 2.46. The Bertz CT molecular complexity index is 550. The molecule has 0 radical (unpaired) electrons. The van der Waals surface area contributed by atoms with Gasteiger partial charge in [-0.05, 0) is 47.4 Å². The van der Waals surface area contributed by atoms with Gasteiger partial charge in [-0.3, -0.25) is 14.9 Å². The first-order valence-electron chi connectivity index (χ1n) is 6.89. The van der Waals surface area contributed by atoms with Crippen LogP contribution < -0.4 is 5.32 Å². The molecule has 0 bridgehead atoms. The van der Waals surface area contributed by atoms with Gasteiger partial charge in [-0.1, -0.05) is 12.8 Å². The molecule has 0 spiro atoms. The predicted molar refractivity (Wildman–Crippen MR) is 87.4 cm³/mol. The molecule has 0 heterocycles. The van der Waals surface area contributed by atoms with Gasteiger partial charge in [0.25, 0.3) is 5.69 Å². The zero-order valence-electron chi connectivity index (χ0n) is 11.4. The van der Waals surface area contributed by atoms with E-state index in [1.807, 2.05) is 22.6 Å². The minimum absolute atomic E-state index is 0.0611. The average molecular weight is 404 g/mol. The summed E-state index contributed by atoms with van der Waals surface area (Å²) < 4.78 is 0.768. The van der Waals surface area contributed by atoms with Crippen molar-refractivity contribution < 1.29 is 14.8 Å². The zero-order chi connectivity index (χ0) is 15.4. The SMILES string of the molecule is O=C(O)C1CCCCC1CNc1ccc([N+](=O)[O-])cc1I. The predicted octanol–water partition coefficient (Wildman–Crippen LogP) is 3.50. The second-order valence-electron chi connectivity index (χ2n) is 5.29. The number of nitro groups is 1. The van der Waals surface area contributed by atoms with Gasteiger partial charge < -0.3 is 10.4 Å². The molecule has 0 saturated heterocycles. The summed E-state index contributed by atoms with van der Waals surface area (Å²) in [4.78, 5) is 21.5. The van der Waals surface area contributed by atoms with Crippen LogP contribution in [0.25, 0.3) is 0 Å². The number of non-ortho nitro benzene ring substituents is 1. The summed E-state index contributed by atoms with van der Waals surface area (Å²) in [6.07, 6.45) is 3.68. The van der Waals surface area contributed by atoms with E-state index in [4.69, 9.17) is 0 Å². The molecule has 1 aliphatic rings. The van der Waals surface area contributed by atoms with Crippen LogP contribution in [0.5, 0.6) is 0 Å². The highest BCUT2D eigenvalue weighted by molar-refractivity contribution is 14.1. The number of rotatable bonds is 5. The fraction of sp³-hybridized carbons (Fsp3) is 0.500. The molecule has 1 aromatic carbocycles. The monoisotopic (exact) mass is 404 g/mol. The Morgan fingerprint density at radius 2 is 2.14 bits per heavy atom. The number of halogens is 1. The minimum Gasteiger partial charge on any atom is -0.481 e. The third-order valence-corrected chi connectivity index (χ3v) is 4.84. The number of nitro benzene ring substituents is 1. The van der Waals surface area contributed by atoms with Crippen LogP contribution in [0, 0.1) is 25.5 Å². The normalized spacial score (nSPS) is 21.8. The lowest BCUT2D eigenvalue weighted by molar-refractivity contribution is -0.384. The van der Waals surface area contributed by atoms with Crippen LogP contribution in [0.4, 0.5) is 11.4 Å². The number of nitrogens with zero attached hydrogens (tertiary/aromatic N) is 1. The van der Waals surface area contributed by atoms with E-state index in [2.05, 4.69) is 5.32 Å². The lowest BCUT2D eigenvalue weighted by Gasteiger charge is -2.29. The van der Waals surface area contributed by atoms with Crippen molar-refractivity contribution in [2.24, 2.45) is 11.8 Å². The van der Waals surface area contributed by atoms with Crippen LogP contribution in [0.3, 0.4) is 0 Å². The van der Waals surface area contributed by atoms with Crippen LogP contribution in [0.1, 0.15) is 25.7 Å². The summed E-state index contributed by atoms with van der Waals surface area (Å²) in [5.41, 5.74) is 0.877. The molecule has 7 heteroatoms. The molecule has 6 nitrogen and oxygen atoms in total. The second kappa shape index (κ2) is 7.06. The number of carboxylic acid groups (broad SMARTS) is 1. The van der Waals surface area contributed by atoms with Gasteiger partial charge in [-0.15, -0.1) is 0 Å². The molecule has 21 heavy (non-hydrogen) atoms. The number of benzene rings is 1. The van der Waals surface area contributed by atoms with Crippen molar-refractivity contribution in [3.63, 3.8) is 0 Å². The fourth-order valence-corrected chi connectivity index (χ4v) is 3.47. The van der Waals surface area contributed by atoms with E-state index in [1.54, 1.807) is 6.07 Å². The number of hydrogen-bond acceptors (Lipinski definition) is 4. The Morgan fingerprint density at radius 3 is 2.76 bits per heavy atom. The summed E-state index contributed by atoms with van der Waals surface area (Å²) in [5.74, 6) is -0.899. The molecule has 2 atom stereocenters. The number of hydrogen-bond donors (Lipinski definition) is 2. The molecule has 2 rings (SSSR count). The van der Waals surface area contributed by atoms with Crippen LogP contribution >= 0.6 is 22.6 Å². The van der Waals surface area contributed by atoms with E-state index in [9.17, 15) is 20.0 Å². The smallest absolute Gasteiger partial charge is 0.306 e. The van der Waals surface area contributed by atoms with Gasteiger partial charge in [0, 0.05) is 27.9 Å².